The van der Waals surface area contributed by atoms with Crippen molar-refractivity contribution in [1.82, 2.24) is 20.1 Å². The number of nitrogens with one attached hydrogen (secondary N) is 2. The van der Waals surface area contributed by atoms with Gasteiger partial charge in [0, 0.05) is 43.3 Å². The fourth-order valence-electron chi connectivity index (χ4n) is 6.15. The lowest BCUT2D eigenvalue weighted by atomic mass is 9.85. The summed E-state index contributed by atoms with van der Waals surface area (Å²) in [5.74, 6) is -0.372. The molecule has 0 spiro atoms. The van der Waals surface area contributed by atoms with Gasteiger partial charge in [0.2, 0.25) is 11.8 Å². The van der Waals surface area contributed by atoms with Crippen LogP contribution in [-0.4, -0.2) is 70.1 Å². The summed E-state index contributed by atoms with van der Waals surface area (Å²) in [4.78, 5) is 54.1. The van der Waals surface area contributed by atoms with E-state index in [1.165, 1.54) is 4.90 Å². The number of aryl methyl sites for hydroxylation is 1. The summed E-state index contributed by atoms with van der Waals surface area (Å²) in [6.45, 7) is 5.40. The van der Waals surface area contributed by atoms with Crippen molar-refractivity contribution >= 4 is 51.1 Å². The van der Waals surface area contributed by atoms with Crippen LogP contribution in [0.5, 0.6) is 0 Å². The molecule has 2 fully saturated rings. The Labute approximate surface area is 249 Å². The van der Waals surface area contributed by atoms with E-state index in [-0.39, 0.29) is 42.3 Å². The van der Waals surface area contributed by atoms with E-state index in [1.807, 2.05) is 60.2 Å². The van der Waals surface area contributed by atoms with Crippen molar-refractivity contribution in [2.45, 2.75) is 71.0 Å². The molecule has 2 aromatic heterocycles. The molecule has 1 aliphatic heterocycles. The van der Waals surface area contributed by atoms with Gasteiger partial charge in [-0.1, -0.05) is 12.1 Å². The van der Waals surface area contributed by atoms with E-state index in [4.69, 9.17) is 5.11 Å². The second kappa shape index (κ2) is 13.0. The smallest absolute Gasteiger partial charge is 0.407 e. The van der Waals surface area contributed by atoms with E-state index in [1.54, 1.807) is 16.2 Å². The lowest BCUT2D eigenvalue weighted by Crippen LogP contribution is -2.48. The molecule has 5 rings (SSSR count). The third-order valence-electron chi connectivity index (χ3n) is 8.52. The van der Waals surface area contributed by atoms with Gasteiger partial charge in [-0.2, -0.15) is 0 Å². The normalized spacial score (nSPS) is 19.4. The number of thiophene rings is 1. The van der Waals surface area contributed by atoms with Crippen LogP contribution in [0.2, 0.25) is 0 Å². The average Bonchev–Trinajstić information content (AvgIpc) is 3.57. The largest absolute Gasteiger partial charge is 0.465 e. The first kappa shape index (κ1) is 29.6. The number of carbonyl (C=O) groups is 4. The summed E-state index contributed by atoms with van der Waals surface area (Å²) < 4.78 is 2.78. The van der Waals surface area contributed by atoms with Crippen molar-refractivity contribution < 1.29 is 24.3 Å². The molecule has 2 aliphatic rings. The van der Waals surface area contributed by atoms with Gasteiger partial charge in [-0.15, -0.1) is 11.3 Å². The molecule has 3 heterocycles. The second-order valence-corrected chi connectivity index (χ2v) is 12.3. The fourth-order valence-corrected chi connectivity index (χ4v) is 6.97. The molecule has 3 aromatic rings. The van der Waals surface area contributed by atoms with Crippen LogP contribution in [0.1, 0.15) is 61.5 Å². The minimum atomic E-state index is -0.913. The molecule has 0 atom stereocenters. The number of amides is 4. The number of piperidine rings is 1. The predicted octanol–water partition coefficient (Wildman–Crippen LogP) is 4.61. The highest BCUT2D eigenvalue weighted by Gasteiger charge is 2.31. The summed E-state index contributed by atoms with van der Waals surface area (Å²) in [5.41, 5.74) is 3.26. The molecule has 10 nitrogen and oxygen atoms in total. The average molecular weight is 594 g/mol. The summed E-state index contributed by atoms with van der Waals surface area (Å²) in [6, 6.07) is 11.6. The molecule has 0 bridgehead atoms. The van der Waals surface area contributed by atoms with Gasteiger partial charge in [-0.3, -0.25) is 14.4 Å². The predicted molar refractivity (Wildman–Crippen MR) is 163 cm³/mol. The molecule has 0 radical (unpaired) electrons. The van der Waals surface area contributed by atoms with E-state index in [0.717, 1.165) is 21.5 Å². The Hall–Kier alpha value is -3.86. The molecule has 0 unspecified atom stereocenters. The molecule has 3 N–H and O–H groups in total. The van der Waals surface area contributed by atoms with Gasteiger partial charge in [0.15, 0.2) is 0 Å². The molecule has 42 heavy (non-hydrogen) atoms. The van der Waals surface area contributed by atoms with Gasteiger partial charge in [-0.25, -0.2) is 4.79 Å². The van der Waals surface area contributed by atoms with Crippen LogP contribution < -0.4 is 15.5 Å². The van der Waals surface area contributed by atoms with Gasteiger partial charge in [0.1, 0.15) is 12.2 Å². The first-order valence-corrected chi connectivity index (χ1v) is 15.6. The molecule has 1 aliphatic carbocycles. The van der Waals surface area contributed by atoms with E-state index in [0.29, 0.717) is 63.9 Å². The van der Waals surface area contributed by atoms with Crippen molar-refractivity contribution in [1.29, 1.82) is 0 Å². The van der Waals surface area contributed by atoms with Crippen LogP contribution in [0.3, 0.4) is 0 Å². The first-order valence-electron chi connectivity index (χ1n) is 14.8. The third-order valence-corrected chi connectivity index (χ3v) is 9.38. The molecule has 4 amide bonds. The Bertz CT molecular complexity index is 1450. The monoisotopic (exact) mass is 593 g/mol. The van der Waals surface area contributed by atoms with Crippen molar-refractivity contribution in [3.05, 3.63) is 53.0 Å². The Morgan fingerprint density at radius 3 is 2.36 bits per heavy atom. The zero-order chi connectivity index (χ0) is 29.8. The number of anilines is 1. The maximum Gasteiger partial charge on any atom is 0.407 e. The standard InChI is InChI=1S/C31H39N5O5S/c1-3-35(24-6-4-5-20(2)17-24)28(37)19-36-25-13-16-42-27(25)18-26(36)30(39)33-22-9-7-21(8-10-22)29(38)32-23-11-14-34(15-12-23)31(40)41/h4-6,13,16-18,21-23H,3,7-12,14-15,19H2,1-2H3,(H,32,38)(H,33,39)(H,40,41). The highest BCUT2D eigenvalue weighted by atomic mass is 32.1. The lowest BCUT2D eigenvalue weighted by molar-refractivity contribution is -0.127. The maximum atomic E-state index is 13.5. The fraction of sp³-hybridized carbons (Fsp3) is 0.484. The number of rotatable bonds is 8. The number of likely N-dealkylation sites (tertiary alicyclic amines) is 1. The van der Waals surface area contributed by atoms with Crippen molar-refractivity contribution in [3.8, 4) is 0 Å². The van der Waals surface area contributed by atoms with Crippen LogP contribution in [0.4, 0.5) is 10.5 Å². The molecule has 224 valence electrons. The van der Waals surface area contributed by atoms with Crippen LogP contribution in [0, 0.1) is 12.8 Å². The Morgan fingerprint density at radius 2 is 1.69 bits per heavy atom. The second-order valence-electron chi connectivity index (χ2n) is 11.3. The van der Waals surface area contributed by atoms with Gasteiger partial charge in [0.25, 0.3) is 5.91 Å². The Morgan fingerprint density at radius 1 is 0.976 bits per heavy atom. The number of carboxylic acid groups (broad SMARTS) is 1. The highest BCUT2D eigenvalue weighted by molar-refractivity contribution is 7.17. The van der Waals surface area contributed by atoms with E-state index >= 15 is 0 Å². The zero-order valence-electron chi connectivity index (χ0n) is 24.2. The van der Waals surface area contributed by atoms with E-state index in [9.17, 15) is 19.2 Å². The van der Waals surface area contributed by atoms with Crippen molar-refractivity contribution in [2.75, 3.05) is 24.5 Å². The van der Waals surface area contributed by atoms with Crippen LogP contribution in [0.15, 0.2) is 41.8 Å². The van der Waals surface area contributed by atoms with Gasteiger partial charge >= 0.3 is 6.09 Å². The SMILES string of the molecule is CCN(C(=O)Cn1c(C(=O)NC2CCC(C(=O)NC3CCN(C(=O)O)CC3)CC2)cc2sccc21)c1cccc(C)c1. The Balaban J connectivity index is 1.18. The van der Waals surface area contributed by atoms with Crippen LogP contribution in [0.25, 0.3) is 10.2 Å². The number of benzene rings is 1. The number of likely N-dealkylation sites (N-methyl/N-ethyl adjacent to an activating group) is 1. The number of aromatic nitrogens is 1. The first-order chi connectivity index (χ1) is 20.2. The molecule has 1 aromatic carbocycles. The van der Waals surface area contributed by atoms with Crippen LogP contribution in [-0.2, 0) is 16.1 Å². The number of fused-ring (bicyclic) bond motifs is 1. The van der Waals surface area contributed by atoms with E-state index in [2.05, 4.69) is 10.6 Å². The number of hydrogen-bond donors (Lipinski definition) is 3. The third kappa shape index (κ3) is 6.61. The maximum absolute atomic E-state index is 13.5. The highest BCUT2D eigenvalue weighted by Crippen LogP contribution is 2.28. The van der Waals surface area contributed by atoms with Gasteiger partial charge in [-0.05, 0) is 87.6 Å². The van der Waals surface area contributed by atoms with Crippen molar-refractivity contribution in [2.24, 2.45) is 5.92 Å². The Kier molecular flexibility index (Phi) is 9.15. The number of hydrogen-bond acceptors (Lipinski definition) is 5. The topological polar surface area (TPSA) is 124 Å². The quantitative estimate of drug-likeness (QED) is 0.352. The minimum Gasteiger partial charge on any atom is -0.465 e. The van der Waals surface area contributed by atoms with E-state index < -0.39 is 6.09 Å². The summed E-state index contributed by atoms with van der Waals surface area (Å²) in [7, 11) is 0. The molecule has 1 saturated carbocycles. The summed E-state index contributed by atoms with van der Waals surface area (Å²) in [5, 5.41) is 17.4. The van der Waals surface area contributed by atoms with Crippen molar-refractivity contribution in [3.63, 3.8) is 0 Å². The zero-order valence-corrected chi connectivity index (χ0v) is 25.0. The number of nitrogens with zero attached hydrogens (tertiary/aromatic N) is 3. The molecular weight excluding hydrogens is 554 g/mol. The van der Waals surface area contributed by atoms with Gasteiger partial charge in [0.05, 0.1) is 10.2 Å². The lowest BCUT2D eigenvalue weighted by Gasteiger charge is -2.33. The molecule has 1 saturated heterocycles. The van der Waals surface area contributed by atoms with Gasteiger partial charge < -0.3 is 30.1 Å². The van der Waals surface area contributed by atoms with Crippen LogP contribution >= 0.6 is 11.3 Å². The summed E-state index contributed by atoms with van der Waals surface area (Å²) in [6.07, 6.45) is 3.11. The summed E-state index contributed by atoms with van der Waals surface area (Å²) >= 11 is 1.54. The molecular formula is C31H39N5O5S. The minimum absolute atomic E-state index is 0.00411. The molecule has 11 heteroatoms. The number of carbonyl (C=O) groups excluding carboxylic acids is 3.